The Morgan fingerprint density at radius 1 is 1.23 bits per heavy atom. The molecule has 3 rings (SSSR count). The fourth-order valence-electron chi connectivity index (χ4n) is 3.42. The van der Waals surface area contributed by atoms with Crippen LogP contribution in [0.2, 0.25) is 0 Å². The molecule has 1 saturated heterocycles. The first-order valence-electron chi connectivity index (χ1n) is 8.30. The summed E-state index contributed by atoms with van der Waals surface area (Å²) in [6.07, 6.45) is 10.1. The fourth-order valence-corrected chi connectivity index (χ4v) is 6.53. The predicted octanol–water partition coefficient (Wildman–Crippen LogP) is 4.34. The van der Waals surface area contributed by atoms with Crippen molar-refractivity contribution >= 4 is 15.8 Å². The van der Waals surface area contributed by atoms with Crippen LogP contribution in [0.25, 0.3) is 0 Å². The summed E-state index contributed by atoms with van der Waals surface area (Å²) in [5.41, 5.74) is 1.06. The van der Waals surface area contributed by atoms with Crippen LogP contribution >= 0.6 is 10.0 Å². The molecule has 1 unspecified atom stereocenters. The lowest BCUT2D eigenvalue weighted by Crippen LogP contribution is -2.23. The molecule has 1 atom stereocenters. The lowest BCUT2D eigenvalue weighted by molar-refractivity contribution is -0.113. The molecule has 0 N–H and O–H groups in total. The number of hydrogen-bond donors (Lipinski definition) is 0. The third kappa shape index (κ3) is 3.95. The van der Waals surface area contributed by atoms with Crippen LogP contribution in [0.15, 0.2) is 42.0 Å². The van der Waals surface area contributed by atoms with Gasteiger partial charge in [0.05, 0.1) is 0 Å². The summed E-state index contributed by atoms with van der Waals surface area (Å²) in [5, 5.41) is 0. The van der Waals surface area contributed by atoms with Gasteiger partial charge >= 0.3 is 0 Å². The van der Waals surface area contributed by atoms with E-state index in [1.165, 1.54) is 24.3 Å². The summed E-state index contributed by atoms with van der Waals surface area (Å²) in [5.74, 6) is 4.76. The van der Waals surface area contributed by atoms with Gasteiger partial charge in [-0.25, -0.2) is 10.0 Å². The van der Waals surface area contributed by atoms with Crippen molar-refractivity contribution in [1.29, 1.82) is 0 Å². The van der Waals surface area contributed by atoms with E-state index in [4.69, 9.17) is 4.74 Å². The molecular formula is C19H26O2S. The first-order chi connectivity index (χ1) is 10.6. The van der Waals surface area contributed by atoms with Crippen LogP contribution in [-0.2, 0) is 4.79 Å². The van der Waals surface area contributed by atoms with E-state index in [0.717, 1.165) is 36.3 Å². The van der Waals surface area contributed by atoms with Crippen molar-refractivity contribution < 1.29 is 9.53 Å². The van der Waals surface area contributed by atoms with Gasteiger partial charge in [0.25, 0.3) is 0 Å². The number of carbonyl (C=O) groups is 1. The molecule has 0 spiro atoms. The van der Waals surface area contributed by atoms with Crippen LogP contribution in [0.4, 0.5) is 0 Å². The van der Waals surface area contributed by atoms with Crippen molar-refractivity contribution in [2.45, 2.75) is 38.2 Å². The number of hydrogen-bond acceptors (Lipinski definition) is 2. The van der Waals surface area contributed by atoms with Gasteiger partial charge in [-0.3, -0.25) is 4.79 Å². The van der Waals surface area contributed by atoms with E-state index in [1.807, 2.05) is 30.3 Å². The Hall–Kier alpha value is -1.22. The Morgan fingerprint density at radius 3 is 2.59 bits per heavy atom. The average Bonchev–Trinajstić information content (AvgIpc) is 2.95. The number of ketones is 1. The maximum atomic E-state index is 12.5. The Balaban J connectivity index is 1.53. The molecule has 2 aliphatic rings. The zero-order chi connectivity index (χ0) is 15.4. The van der Waals surface area contributed by atoms with E-state index in [9.17, 15) is 4.79 Å². The molecule has 3 heteroatoms. The largest absolute Gasteiger partial charge is 0.490 e. The van der Waals surface area contributed by atoms with Gasteiger partial charge in [-0.1, -0.05) is 24.3 Å². The monoisotopic (exact) mass is 318 g/mol. The molecule has 1 aromatic carbocycles. The molecule has 1 aliphatic carbocycles. The van der Waals surface area contributed by atoms with E-state index < -0.39 is 10.0 Å². The van der Waals surface area contributed by atoms with E-state index in [-0.39, 0.29) is 6.10 Å². The number of carbonyl (C=O) groups excluding carboxylic acids is 1. The van der Waals surface area contributed by atoms with Gasteiger partial charge in [-0.15, -0.1) is 0 Å². The van der Waals surface area contributed by atoms with E-state index >= 15 is 0 Å². The van der Waals surface area contributed by atoms with Crippen LogP contribution in [-0.4, -0.2) is 35.4 Å². The molecule has 0 bridgehead atoms. The van der Waals surface area contributed by atoms with E-state index in [0.29, 0.717) is 5.78 Å². The number of Topliss-reactive ketones (excluding diaryl/α,β-unsaturated/α-hetero) is 1. The van der Waals surface area contributed by atoms with E-state index in [1.54, 1.807) is 0 Å². The SMILES string of the molecule is CS1(CC(=O)C2=CCC(Oc3ccccc3)CC2)CCCC1. The minimum absolute atomic E-state index is 0.216. The highest BCUT2D eigenvalue weighted by Gasteiger charge is 2.28. The first-order valence-corrected chi connectivity index (χ1v) is 10.8. The molecule has 0 radical (unpaired) electrons. The van der Waals surface area contributed by atoms with Crippen LogP contribution in [0.5, 0.6) is 5.75 Å². The lowest BCUT2D eigenvalue weighted by Gasteiger charge is -2.31. The van der Waals surface area contributed by atoms with Gasteiger partial charge in [-0.2, -0.15) is 0 Å². The molecule has 1 aliphatic heterocycles. The summed E-state index contributed by atoms with van der Waals surface area (Å²) < 4.78 is 5.99. The van der Waals surface area contributed by atoms with Gasteiger partial charge in [0, 0.05) is 12.2 Å². The van der Waals surface area contributed by atoms with Crippen molar-refractivity contribution in [1.82, 2.24) is 0 Å². The second-order valence-corrected chi connectivity index (χ2v) is 10.8. The van der Waals surface area contributed by atoms with Gasteiger partial charge in [-0.05, 0) is 61.2 Å². The number of rotatable bonds is 5. The quantitative estimate of drug-likeness (QED) is 0.807. The minimum atomic E-state index is -0.636. The Labute approximate surface area is 135 Å². The van der Waals surface area contributed by atoms with Crippen LogP contribution < -0.4 is 4.74 Å². The zero-order valence-corrected chi connectivity index (χ0v) is 14.2. The third-order valence-corrected chi connectivity index (χ3v) is 8.28. The molecule has 0 saturated carbocycles. The molecule has 22 heavy (non-hydrogen) atoms. The molecule has 120 valence electrons. The number of benzene rings is 1. The van der Waals surface area contributed by atoms with Gasteiger partial charge in [0.2, 0.25) is 0 Å². The summed E-state index contributed by atoms with van der Waals surface area (Å²) in [6, 6.07) is 9.97. The lowest BCUT2D eigenvalue weighted by atomic mass is 9.95. The highest BCUT2D eigenvalue weighted by atomic mass is 32.3. The molecule has 1 heterocycles. The molecular weight excluding hydrogens is 292 g/mol. The molecule has 1 fully saturated rings. The third-order valence-electron chi connectivity index (χ3n) is 4.77. The van der Waals surface area contributed by atoms with Crippen LogP contribution in [0, 0.1) is 0 Å². The summed E-state index contributed by atoms with van der Waals surface area (Å²) in [7, 11) is -0.636. The number of allylic oxidation sites excluding steroid dienone is 1. The van der Waals surface area contributed by atoms with Crippen molar-refractivity contribution in [3.63, 3.8) is 0 Å². The maximum absolute atomic E-state index is 12.5. The molecule has 0 amide bonds. The zero-order valence-electron chi connectivity index (χ0n) is 13.4. The van der Waals surface area contributed by atoms with Crippen LogP contribution in [0.1, 0.15) is 32.1 Å². The van der Waals surface area contributed by atoms with Crippen molar-refractivity contribution in [2.24, 2.45) is 0 Å². The first kappa shape index (κ1) is 15.7. The van der Waals surface area contributed by atoms with Gasteiger partial charge in [0.15, 0.2) is 5.78 Å². The minimum Gasteiger partial charge on any atom is -0.490 e. The predicted molar refractivity (Wildman–Crippen MR) is 95.1 cm³/mol. The highest BCUT2D eigenvalue weighted by Crippen LogP contribution is 2.50. The topological polar surface area (TPSA) is 26.3 Å². The Kier molecular flexibility index (Phi) is 4.92. The standard InChI is InChI=1S/C19H26O2S/c1-22(13-5-6-14-22)15-19(20)16-9-11-18(12-10-16)21-17-7-3-2-4-8-17/h2-4,7-9,18H,5-6,10-15H2,1H3. The molecule has 2 nitrogen and oxygen atoms in total. The van der Waals surface area contributed by atoms with Gasteiger partial charge in [0.1, 0.15) is 11.9 Å². The fraction of sp³-hybridized carbons (Fsp3) is 0.526. The average molecular weight is 318 g/mol. The Morgan fingerprint density at radius 2 is 1.95 bits per heavy atom. The second-order valence-electron chi connectivity index (χ2n) is 6.72. The summed E-state index contributed by atoms with van der Waals surface area (Å²) in [4.78, 5) is 12.5. The molecule has 1 aromatic rings. The number of para-hydroxylation sites is 1. The summed E-state index contributed by atoms with van der Waals surface area (Å²) >= 11 is 0. The van der Waals surface area contributed by atoms with Crippen molar-refractivity contribution in [3.05, 3.63) is 42.0 Å². The van der Waals surface area contributed by atoms with Gasteiger partial charge < -0.3 is 4.74 Å². The van der Waals surface area contributed by atoms with E-state index in [2.05, 4.69) is 12.3 Å². The van der Waals surface area contributed by atoms with Crippen molar-refractivity contribution in [3.8, 4) is 5.75 Å². The number of ether oxygens (including phenoxy) is 1. The van der Waals surface area contributed by atoms with Crippen molar-refractivity contribution in [2.75, 3.05) is 23.5 Å². The highest BCUT2D eigenvalue weighted by molar-refractivity contribution is 8.33. The summed E-state index contributed by atoms with van der Waals surface area (Å²) in [6.45, 7) is 0. The molecule has 0 aromatic heterocycles. The maximum Gasteiger partial charge on any atom is 0.166 e. The second kappa shape index (κ2) is 6.91. The Bertz CT molecular complexity index is 544. The normalized spacial score (nSPS) is 25.3. The smallest absolute Gasteiger partial charge is 0.166 e. The van der Waals surface area contributed by atoms with Crippen LogP contribution in [0.3, 0.4) is 0 Å².